The van der Waals surface area contributed by atoms with E-state index in [1.165, 1.54) is 0 Å². The molecule has 29 heavy (non-hydrogen) atoms. The van der Waals surface area contributed by atoms with E-state index in [1.807, 2.05) is 53.4 Å². The molecule has 0 radical (unpaired) electrons. The summed E-state index contributed by atoms with van der Waals surface area (Å²) in [7, 11) is 0. The van der Waals surface area contributed by atoms with Crippen LogP contribution in [0.15, 0.2) is 55.1 Å². The van der Waals surface area contributed by atoms with Gasteiger partial charge in [-0.2, -0.15) is 5.10 Å². The summed E-state index contributed by atoms with van der Waals surface area (Å²) < 4.78 is 0. The van der Waals surface area contributed by atoms with Crippen LogP contribution in [-0.4, -0.2) is 58.6 Å². The van der Waals surface area contributed by atoms with Crippen molar-refractivity contribution in [2.75, 3.05) is 38.0 Å². The molecule has 1 aliphatic rings. The van der Waals surface area contributed by atoms with E-state index in [4.69, 9.17) is 0 Å². The number of carbonyl (C=O) groups is 1. The van der Waals surface area contributed by atoms with Crippen molar-refractivity contribution in [3.8, 4) is 0 Å². The third-order valence-corrected chi connectivity index (χ3v) is 5.36. The van der Waals surface area contributed by atoms with Gasteiger partial charge < -0.3 is 10.2 Å². The van der Waals surface area contributed by atoms with Crippen LogP contribution in [0.1, 0.15) is 29.4 Å². The molecule has 1 aromatic heterocycles. The van der Waals surface area contributed by atoms with Crippen LogP contribution in [0, 0.1) is 0 Å². The molecular formula is C23H27N5O. The number of rotatable bonds is 6. The molecule has 2 aromatic carbocycles. The maximum atomic E-state index is 13.0. The van der Waals surface area contributed by atoms with Crippen LogP contribution in [0.2, 0.25) is 0 Å². The molecule has 6 nitrogen and oxygen atoms in total. The Balaban J connectivity index is 1.52. The van der Waals surface area contributed by atoms with Crippen LogP contribution < -0.4 is 5.32 Å². The van der Waals surface area contributed by atoms with Gasteiger partial charge in [0.15, 0.2) is 0 Å². The number of para-hydroxylation sites is 1. The first kappa shape index (κ1) is 19.2. The first-order chi connectivity index (χ1) is 14.2. The van der Waals surface area contributed by atoms with Gasteiger partial charge in [0.2, 0.25) is 0 Å². The van der Waals surface area contributed by atoms with Gasteiger partial charge in [-0.25, -0.2) is 0 Å². The number of benzene rings is 2. The Bertz CT molecular complexity index is 1000. The predicted molar refractivity (Wildman–Crippen MR) is 118 cm³/mol. The molecular weight excluding hydrogens is 362 g/mol. The Labute approximate surface area is 171 Å². The van der Waals surface area contributed by atoms with Crippen LogP contribution >= 0.6 is 0 Å². The van der Waals surface area contributed by atoms with E-state index < -0.39 is 0 Å². The quantitative estimate of drug-likeness (QED) is 0.673. The minimum atomic E-state index is 0.0804. The second-order valence-corrected chi connectivity index (χ2v) is 7.44. The lowest BCUT2D eigenvalue weighted by Crippen LogP contribution is -2.48. The summed E-state index contributed by atoms with van der Waals surface area (Å²) >= 11 is 0. The minimum Gasteiger partial charge on any atom is -0.354 e. The van der Waals surface area contributed by atoms with E-state index in [-0.39, 0.29) is 5.91 Å². The van der Waals surface area contributed by atoms with Crippen LogP contribution in [-0.2, 0) is 0 Å². The molecule has 150 valence electrons. The van der Waals surface area contributed by atoms with E-state index in [1.54, 1.807) is 0 Å². The molecule has 2 N–H and O–H groups in total. The smallest absolute Gasteiger partial charge is 0.253 e. The molecule has 1 fully saturated rings. The van der Waals surface area contributed by atoms with Crippen LogP contribution in [0.3, 0.4) is 0 Å². The number of piperazine rings is 1. The van der Waals surface area contributed by atoms with Gasteiger partial charge in [0, 0.05) is 42.8 Å². The third kappa shape index (κ3) is 4.17. The Morgan fingerprint density at radius 2 is 1.90 bits per heavy atom. The summed E-state index contributed by atoms with van der Waals surface area (Å²) in [6, 6.07) is 15.6. The zero-order valence-corrected chi connectivity index (χ0v) is 16.8. The van der Waals surface area contributed by atoms with Crippen LogP contribution in [0.5, 0.6) is 0 Å². The van der Waals surface area contributed by atoms with Gasteiger partial charge in [-0.3, -0.25) is 14.8 Å². The Morgan fingerprint density at radius 1 is 1.14 bits per heavy atom. The number of hydrogen-bond donors (Lipinski definition) is 2. The van der Waals surface area contributed by atoms with Crippen molar-refractivity contribution in [1.29, 1.82) is 0 Å². The summed E-state index contributed by atoms with van der Waals surface area (Å²) in [6.07, 6.45) is 1.15. The average Bonchev–Trinajstić information content (AvgIpc) is 3.18. The lowest BCUT2D eigenvalue weighted by atomic mass is 10.1. The molecule has 0 aliphatic carbocycles. The van der Waals surface area contributed by atoms with Gasteiger partial charge in [-0.15, -0.1) is 0 Å². The molecule has 0 spiro atoms. The second kappa shape index (κ2) is 8.49. The Kier molecular flexibility index (Phi) is 5.62. The number of fused-ring (bicyclic) bond motifs is 1. The van der Waals surface area contributed by atoms with Gasteiger partial charge >= 0.3 is 0 Å². The van der Waals surface area contributed by atoms with E-state index in [2.05, 4.69) is 33.9 Å². The number of aromatic amines is 1. The Morgan fingerprint density at radius 3 is 2.62 bits per heavy atom. The summed E-state index contributed by atoms with van der Waals surface area (Å²) in [5.74, 6) is 0.0804. The van der Waals surface area contributed by atoms with Crippen molar-refractivity contribution < 1.29 is 4.79 Å². The van der Waals surface area contributed by atoms with Crippen molar-refractivity contribution in [2.24, 2.45) is 0 Å². The predicted octanol–water partition coefficient (Wildman–Crippen LogP) is 3.81. The highest BCUT2D eigenvalue weighted by atomic mass is 16.2. The molecule has 0 bridgehead atoms. The first-order valence-electron chi connectivity index (χ1n) is 10.2. The number of amides is 1. The topological polar surface area (TPSA) is 64.3 Å². The normalized spacial score (nSPS) is 14.9. The molecule has 1 saturated heterocycles. The average molecular weight is 390 g/mol. The number of H-pyrrole nitrogens is 1. The van der Waals surface area contributed by atoms with Crippen molar-refractivity contribution in [1.82, 2.24) is 20.0 Å². The highest BCUT2D eigenvalue weighted by Gasteiger charge is 2.22. The maximum Gasteiger partial charge on any atom is 0.253 e. The number of nitrogens with zero attached hydrogens (tertiary/aromatic N) is 3. The molecule has 1 aliphatic heterocycles. The fourth-order valence-electron chi connectivity index (χ4n) is 3.81. The molecule has 0 atom stereocenters. The monoisotopic (exact) mass is 389 g/mol. The van der Waals surface area contributed by atoms with E-state index >= 15 is 0 Å². The summed E-state index contributed by atoms with van der Waals surface area (Å²) in [5.41, 5.74) is 3.95. The molecule has 0 saturated carbocycles. The SMILES string of the molecule is C=C(Nc1ccccc1)c1n[nH]c2ccc(C(=O)N3CCN(CCC)CC3)cc12. The van der Waals surface area contributed by atoms with Crippen LogP contribution in [0.4, 0.5) is 5.69 Å². The third-order valence-electron chi connectivity index (χ3n) is 5.36. The number of nitrogens with one attached hydrogen (secondary N) is 2. The number of aromatic nitrogens is 2. The van der Waals surface area contributed by atoms with Gasteiger partial charge in [0.25, 0.3) is 5.91 Å². The van der Waals surface area contributed by atoms with E-state index in [0.717, 1.165) is 61.4 Å². The largest absolute Gasteiger partial charge is 0.354 e. The molecule has 2 heterocycles. The van der Waals surface area contributed by atoms with Crippen LogP contribution in [0.25, 0.3) is 16.6 Å². The van der Waals surface area contributed by atoms with Crippen molar-refractivity contribution in [2.45, 2.75) is 13.3 Å². The number of carbonyl (C=O) groups excluding carboxylic acids is 1. The van der Waals surface area contributed by atoms with Crippen molar-refractivity contribution in [3.63, 3.8) is 0 Å². The molecule has 0 unspecified atom stereocenters. The van der Waals surface area contributed by atoms with E-state index in [9.17, 15) is 4.79 Å². The van der Waals surface area contributed by atoms with Gasteiger partial charge in [-0.1, -0.05) is 31.7 Å². The molecule has 3 aromatic rings. The number of anilines is 1. The van der Waals surface area contributed by atoms with Gasteiger partial charge in [0.1, 0.15) is 5.69 Å². The van der Waals surface area contributed by atoms with Gasteiger partial charge in [0.05, 0.1) is 11.2 Å². The fraction of sp³-hybridized carbons (Fsp3) is 0.304. The van der Waals surface area contributed by atoms with Gasteiger partial charge in [-0.05, 0) is 43.3 Å². The molecule has 6 heteroatoms. The van der Waals surface area contributed by atoms with E-state index in [0.29, 0.717) is 11.3 Å². The Hall–Kier alpha value is -3.12. The lowest BCUT2D eigenvalue weighted by Gasteiger charge is -2.34. The zero-order valence-electron chi connectivity index (χ0n) is 16.8. The van der Waals surface area contributed by atoms with Crippen molar-refractivity contribution >= 4 is 28.2 Å². The minimum absolute atomic E-state index is 0.0804. The zero-order chi connectivity index (χ0) is 20.2. The molecule has 1 amide bonds. The summed E-state index contributed by atoms with van der Waals surface area (Å²) in [6.45, 7) is 10.9. The van der Waals surface area contributed by atoms with Crippen molar-refractivity contribution in [3.05, 3.63) is 66.4 Å². The standard InChI is InChI=1S/C23H27N5O/c1-3-11-27-12-14-28(15-13-27)23(29)18-9-10-21-20(16-18)22(26-25-21)17(2)24-19-7-5-4-6-8-19/h4-10,16,24H,2-3,11-15H2,1H3,(H,25,26). The number of hydrogen-bond acceptors (Lipinski definition) is 4. The summed E-state index contributed by atoms with van der Waals surface area (Å²) in [5, 5.41) is 11.6. The molecule has 4 rings (SSSR count). The maximum absolute atomic E-state index is 13.0. The summed E-state index contributed by atoms with van der Waals surface area (Å²) in [4.78, 5) is 17.4. The fourth-order valence-corrected chi connectivity index (χ4v) is 3.81. The highest BCUT2D eigenvalue weighted by molar-refractivity contribution is 6.01. The highest BCUT2D eigenvalue weighted by Crippen LogP contribution is 2.25. The first-order valence-corrected chi connectivity index (χ1v) is 10.2. The second-order valence-electron chi connectivity index (χ2n) is 7.44. The lowest BCUT2D eigenvalue weighted by molar-refractivity contribution is 0.0637.